The second-order valence-electron chi connectivity index (χ2n) is 8.06. The lowest BCUT2D eigenvalue weighted by Gasteiger charge is -2.21. The quantitative estimate of drug-likeness (QED) is 0.258. The molecule has 0 saturated heterocycles. The molecule has 2 N–H and O–H groups in total. The van der Waals surface area contributed by atoms with E-state index in [9.17, 15) is 31.5 Å². The van der Waals surface area contributed by atoms with Crippen LogP contribution < -0.4 is 14.2 Å². The molecule has 0 saturated carbocycles. The van der Waals surface area contributed by atoms with Gasteiger partial charge in [0.25, 0.3) is 0 Å². The van der Waals surface area contributed by atoms with E-state index in [1.165, 1.54) is 25.3 Å². The number of methoxy groups -OCH3 is 1. The average Bonchev–Trinajstić information content (AvgIpc) is 3.40. The van der Waals surface area contributed by atoms with E-state index in [2.05, 4.69) is 14.7 Å². The largest absolute Gasteiger partial charge is 0.491 e. The molecule has 218 valence electrons. The molecule has 0 radical (unpaired) electrons. The van der Waals surface area contributed by atoms with Gasteiger partial charge in [-0.05, 0) is 24.6 Å². The zero-order chi connectivity index (χ0) is 29.3. The third-order valence-electron chi connectivity index (χ3n) is 5.19. The number of halogens is 4. The zero-order valence-electron chi connectivity index (χ0n) is 21.0. The van der Waals surface area contributed by atoms with Gasteiger partial charge in [-0.3, -0.25) is 0 Å². The third kappa shape index (κ3) is 8.70. The minimum Gasteiger partial charge on any atom is -0.491 e. The van der Waals surface area contributed by atoms with Crippen LogP contribution in [0.15, 0.2) is 49.2 Å². The van der Waals surface area contributed by atoms with Crippen LogP contribution in [-0.4, -0.2) is 65.3 Å². The average molecular weight is 608 g/mol. The molecule has 0 unspecified atom stereocenters. The van der Waals surface area contributed by atoms with Gasteiger partial charge in [-0.15, -0.1) is 0 Å². The van der Waals surface area contributed by atoms with Crippen LogP contribution in [0.5, 0.6) is 17.4 Å². The molecule has 0 atom stereocenters. The molecule has 12 nitrogen and oxygen atoms in total. The van der Waals surface area contributed by atoms with Gasteiger partial charge in [-0.25, -0.2) is 14.8 Å². The van der Waals surface area contributed by atoms with E-state index in [1.807, 2.05) is 0 Å². The van der Waals surface area contributed by atoms with Crippen molar-refractivity contribution in [3.8, 4) is 17.4 Å². The lowest BCUT2D eigenvalue weighted by Crippen LogP contribution is -2.43. The summed E-state index contributed by atoms with van der Waals surface area (Å²) < 4.78 is 84.9. The van der Waals surface area contributed by atoms with Crippen molar-refractivity contribution < 1.29 is 45.7 Å². The molecular formula is C23H25ClF3N5O7S. The highest BCUT2D eigenvalue weighted by Gasteiger charge is 2.32. The van der Waals surface area contributed by atoms with Crippen molar-refractivity contribution >= 4 is 27.9 Å². The lowest BCUT2D eigenvalue weighted by atomic mass is 10.2. The van der Waals surface area contributed by atoms with Crippen LogP contribution in [0.2, 0.25) is 5.02 Å². The summed E-state index contributed by atoms with van der Waals surface area (Å²) in [6.07, 6.45) is -0.793. The predicted molar refractivity (Wildman–Crippen MR) is 135 cm³/mol. The fourth-order valence-electron chi connectivity index (χ4n) is 3.22. The normalized spacial score (nSPS) is 11.8. The molecule has 0 aliphatic heterocycles. The number of carboxylic acid groups (broad SMARTS) is 1. The van der Waals surface area contributed by atoms with Crippen LogP contribution in [0.1, 0.15) is 17.5 Å². The van der Waals surface area contributed by atoms with Crippen LogP contribution in [0.25, 0.3) is 0 Å². The number of benzene rings is 1. The van der Waals surface area contributed by atoms with E-state index in [1.54, 1.807) is 23.3 Å². The van der Waals surface area contributed by atoms with Crippen molar-refractivity contribution in [3.05, 3.63) is 65.3 Å². The number of nitrogens with zero attached hydrogens (tertiary/aromatic N) is 4. The molecule has 2 heterocycles. The summed E-state index contributed by atoms with van der Waals surface area (Å²) in [5.41, 5.74) is -1.08. The minimum absolute atomic E-state index is 0.0306. The number of aryl methyl sites for hydroxylation is 1. The Kier molecular flexibility index (Phi) is 10.6. The Labute approximate surface area is 232 Å². The summed E-state index contributed by atoms with van der Waals surface area (Å²) in [5.74, 6) is -0.348. The second kappa shape index (κ2) is 13.6. The first kappa shape index (κ1) is 30.9. The van der Waals surface area contributed by atoms with Crippen molar-refractivity contribution in [3.63, 3.8) is 0 Å². The Morgan fingerprint density at radius 3 is 2.65 bits per heavy atom. The van der Waals surface area contributed by atoms with Gasteiger partial charge < -0.3 is 23.9 Å². The minimum atomic E-state index is -4.70. The molecule has 0 spiro atoms. The number of hydrogen-bond acceptors (Lipinski definition) is 8. The predicted octanol–water partition coefficient (Wildman–Crippen LogP) is 4.17. The van der Waals surface area contributed by atoms with E-state index in [4.69, 9.17) is 25.8 Å². The van der Waals surface area contributed by atoms with Crippen LogP contribution in [0, 0.1) is 0 Å². The molecule has 3 aromatic rings. The van der Waals surface area contributed by atoms with Crippen molar-refractivity contribution in [2.45, 2.75) is 25.7 Å². The fourth-order valence-corrected chi connectivity index (χ4v) is 4.50. The van der Waals surface area contributed by atoms with E-state index in [-0.39, 0.29) is 41.1 Å². The van der Waals surface area contributed by atoms with E-state index >= 15 is 0 Å². The maximum absolute atomic E-state index is 13.0. The topological polar surface area (TPSA) is 145 Å². The van der Waals surface area contributed by atoms with Crippen molar-refractivity contribution in [2.24, 2.45) is 0 Å². The first-order valence-corrected chi connectivity index (χ1v) is 13.3. The molecule has 1 aromatic carbocycles. The molecule has 0 fully saturated rings. The monoisotopic (exact) mass is 607 g/mol. The van der Waals surface area contributed by atoms with Gasteiger partial charge in [0.1, 0.15) is 23.1 Å². The van der Waals surface area contributed by atoms with E-state index in [0.29, 0.717) is 25.2 Å². The van der Waals surface area contributed by atoms with Crippen molar-refractivity contribution in [1.82, 2.24) is 23.6 Å². The number of alkyl halides is 3. The summed E-state index contributed by atoms with van der Waals surface area (Å²) in [7, 11) is -3.06. The summed E-state index contributed by atoms with van der Waals surface area (Å²) in [5, 5.41) is 9.20. The Bertz CT molecular complexity index is 1390. The van der Waals surface area contributed by atoms with Gasteiger partial charge in [-0.2, -0.15) is 30.6 Å². The molecular weight excluding hydrogens is 583 g/mol. The standard InChI is InChI=1S/C23H25ClF3N5O7S/c1-37-9-10-38-18-4-3-16(20(12-18)39-21-19(24)11-17(13-29-21)23(25,26)27)14-32(22(33)34)40(35,36)30-5-2-7-31-8-6-28-15-31/h3-4,6,8,11-13,15,30H,2,5,7,9-10,14H2,1H3,(H,33,34). The van der Waals surface area contributed by atoms with Gasteiger partial charge in [0, 0.05) is 50.4 Å². The first-order valence-electron chi connectivity index (χ1n) is 11.5. The molecule has 2 aromatic heterocycles. The molecule has 40 heavy (non-hydrogen) atoms. The highest BCUT2D eigenvalue weighted by molar-refractivity contribution is 7.87. The molecule has 0 aliphatic rings. The number of nitrogens with one attached hydrogen (secondary N) is 1. The molecule has 0 aliphatic carbocycles. The van der Waals surface area contributed by atoms with Gasteiger partial charge in [0.05, 0.1) is 25.0 Å². The third-order valence-corrected chi connectivity index (χ3v) is 6.90. The number of rotatable bonds is 14. The number of amides is 1. The van der Waals surface area contributed by atoms with Gasteiger partial charge in [-0.1, -0.05) is 11.6 Å². The Morgan fingerprint density at radius 1 is 1.25 bits per heavy atom. The fraction of sp³-hybridized carbons (Fsp3) is 0.348. The van der Waals surface area contributed by atoms with E-state index in [0.717, 1.165) is 0 Å². The number of carbonyl (C=O) groups is 1. The van der Waals surface area contributed by atoms with Crippen molar-refractivity contribution in [1.29, 1.82) is 0 Å². The lowest BCUT2D eigenvalue weighted by molar-refractivity contribution is -0.137. The van der Waals surface area contributed by atoms with Crippen LogP contribution >= 0.6 is 11.6 Å². The van der Waals surface area contributed by atoms with Gasteiger partial charge in [0.15, 0.2) is 0 Å². The number of imidazole rings is 1. The summed E-state index contributed by atoms with van der Waals surface area (Å²) >= 11 is 5.97. The van der Waals surface area contributed by atoms with Crippen LogP contribution in [-0.2, 0) is 34.2 Å². The second-order valence-corrected chi connectivity index (χ2v) is 10.2. The first-order chi connectivity index (χ1) is 18.9. The smallest absolute Gasteiger partial charge is 0.422 e. The summed E-state index contributed by atoms with van der Waals surface area (Å²) in [6, 6.07) is 4.70. The van der Waals surface area contributed by atoms with Crippen molar-refractivity contribution in [2.75, 3.05) is 26.9 Å². The Hall–Kier alpha value is -3.60. The highest BCUT2D eigenvalue weighted by Crippen LogP contribution is 2.36. The van der Waals surface area contributed by atoms with Gasteiger partial charge in [0.2, 0.25) is 5.88 Å². The Balaban J connectivity index is 1.84. The number of aromatic nitrogens is 3. The molecule has 0 bridgehead atoms. The van der Waals surface area contributed by atoms with E-state index < -0.39 is 45.5 Å². The number of pyridine rings is 1. The SMILES string of the molecule is COCCOc1ccc(CN(C(=O)O)S(=O)(=O)NCCCn2ccnc2)c(Oc2ncc(C(F)(F)F)cc2Cl)c1. The summed E-state index contributed by atoms with van der Waals surface area (Å²) in [6.45, 7) is 0.0388. The maximum atomic E-state index is 13.0. The summed E-state index contributed by atoms with van der Waals surface area (Å²) in [4.78, 5) is 19.4. The number of ether oxygens (including phenoxy) is 3. The van der Waals surface area contributed by atoms with Crippen LogP contribution in [0.3, 0.4) is 0 Å². The molecule has 17 heteroatoms. The van der Waals surface area contributed by atoms with Crippen LogP contribution in [0.4, 0.5) is 18.0 Å². The zero-order valence-corrected chi connectivity index (χ0v) is 22.5. The Morgan fingerprint density at radius 2 is 2.02 bits per heavy atom. The maximum Gasteiger partial charge on any atom is 0.422 e. The molecule has 1 amide bonds. The highest BCUT2D eigenvalue weighted by atomic mass is 35.5. The molecule has 3 rings (SSSR count). The number of hydrogen-bond donors (Lipinski definition) is 2. The van der Waals surface area contributed by atoms with Gasteiger partial charge >= 0.3 is 22.5 Å².